The summed E-state index contributed by atoms with van der Waals surface area (Å²) >= 11 is 0. The Morgan fingerprint density at radius 1 is 1.00 bits per heavy atom. The maximum absolute atomic E-state index is 5.12. The molecule has 2 aromatic rings. The second-order valence-corrected chi connectivity index (χ2v) is 2.71. The van der Waals surface area contributed by atoms with Crippen LogP contribution in [0.2, 0.25) is 0 Å². The van der Waals surface area contributed by atoms with Gasteiger partial charge in [-0.25, -0.2) is 0 Å². The quantitative estimate of drug-likeness (QED) is 0.540. The molecule has 0 N–H and O–H groups in total. The first kappa shape index (κ1) is 10.2. The Kier molecular flexibility index (Phi) is 3.42. The zero-order valence-electron chi connectivity index (χ0n) is 8.95. The Morgan fingerprint density at radius 3 is 2.38 bits per heavy atom. The minimum Gasteiger partial charge on any atom is -1.00 e. The molecule has 0 saturated heterocycles. The van der Waals surface area contributed by atoms with Crippen molar-refractivity contribution in [2.75, 3.05) is 7.11 Å². The van der Waals surface area contributed by atoms with Gasteiger partial charge >= 0.3 is 18.9 Å². The molecule has 0 aliphatic carbocycles. The van der Waals surface area contributed by atoms with Gasteiger partial charge in [-0.1, -0.05) is 30.3 Å². The normalized spacial score (nSPS) is 9.31. The summed E-state index contributed by atoms with van der Waals surface area (Å²) < 4.78 is 5.12. The van der Waals surface area contributed by atoms with Gasteiger partial charge in [0, 0.05) is 0 Å². The molecule has 0 aliphatic rings. The summed E-state index contributed by atoms with van der Waals surface area (Å²) in [4.78, 5) is 0. The van der Waals surface area contributed by atoms with Gasteiger partial charge in [0.25, 0.3) is 0 Å². The predicted octanol–water partition coefficient (Wildman–Crippen LogP) is -0.0351. The van der Waals surface area contributed by atoms with E-state index in [1.54, 1.807) is 7.11 Å². The van der Waals surface area contributed by atoms with Crippen LogP contribution >= 0.6 is 0 Å². The Balaban J connectivity index is 0.000000845. The summed E-state index contributed by atoms with van der Waals surface area (Å²) in [6, 6.07) is 14.3. The summed E-state index contributed by atoms with van der Waals surface area (Å²) in [6.45, 7) is 0. The SMILES string of the molecule is COc1ccc2ccccc2c1.[H-].[Li+]. The number of hydrogen-bond donors (Lipinski definition) is 0. The van der Waals surface area contributed by atoms with Gasteiger partial charge in [0.05, 0.1) is 7.11 Å². The molecule has 2 aromatic carbocycles. The summed E-state index contributed by atoms with van der Waals surface area (Å²) in [5.74, 6) is 0.911. The zero-order valence-corrected chi connectivity index (χ0v) is 7.95. The van der Waals surface area contributed by atoms with Crippen LogP contribution in [0.5, 0.6) is 5.75 Å². The molecule has 2 rings (SSSR count). The van der Waals surface area contributed by atoms with Crippen LogP contribution in [0, 0.1) is 0 Å². The molecule has 1 nitrogen and oxygen atoms in total. The van der Waals surface area contributed by atoms with E-state index < -0.39 is 0 Å². The summed E-state index contributed by atoms with van der Waals surface area (Å²) in [6.07, 6.45) is 0. The molecule has 0 aliphatic heterocycles. The van der Waals surface area contributed by atoms with E-state index in [2.05, 4.69) is 18.2 Å². The van der Waals surface area contributed by atoms with Crippen LogP contribution < -0.4 is 23.6 Å². The number of benzene rings is 2. The van der Waals surface area contributed by atoms with Crippen LogP contribution in [0.25, 0.3) is 10.8 Å². The van der Waals surface area contributed by atoms with Crippen molar-refractivity contribution in [2.24, 2.45) is 0 Å². The molecule has 0 radical (unpaired) electrons. The molecule has 0 spiro atoms. The summed E-state index contributed by atoms with van der Waals surface area (Å²) in [7, 11) is 1.68. The van der Waals surface area contributed by atoms with Crippen molar-refractivity contribution in [3.63, 3.8) is 0 Å². The van der Waals surface area contributed by atoms with E-state index in [1.807, 2.05) is 24.3 Å². The number of ether oxygens (including phenoxy) is 1. The molecule has 0 atom stereocenters. The van der Waals surface area contributed by atoms with Crippen molar-refractivity contribution >= 4 is 10.8 Å². The van der Waals surface area contributed by atoms with Crippen LogP contribution in [0.1, 0.15) is 1.43 Å². The van der Waals surface area contributed by atoms with Gasteiger partial charge < -0.3 is 6.16 Å². The van der Waals surface area contributed by atoms with Crippen molar-refractivity contribution in [1.29, 1.82) is 0 Å². The van der Waals surface area contributed by atoms with E-state index in [4.69, 9.17) is 4.74 Å². The molecule has 62 valence electrons. The predicted molar refractivity (Wildman–Crippen MR) is 51.6 cm³/mol. The van der Waals surface area contributed by atoms with Gasteiger partial charge in [-0.2, -0.15) is 0 Å². The third kappa shape index (κ3) is 2.06. The van der Waals surface area contributed by atoms with Gasteiger partial charge in [0.15, 0.2) is 0 Å². The largest absolute Gasteiger partial charge is 1.00 e. The molecule has 0 unspecified atom stereocenters. The molecule has 0 amide bonds. The van der Waals surface area contributed by atoms with Crippen molar-refractivity contribution in [2.45, 2.75) is 0 Å². The summed E-state index contributed by atoms with van der Waals surface area (Å²) in [5.41, 5.74) is 0. The summed E-state index contributed by atoms with van der Waals surface area (Å²) in [5, 5.41) is 2.47. The van der Waals surface area contributed by atoms with Crippen molar-refractivity contribution < 1.29 is 25.0 Å². The molecule has 0 fully saturated rings. The Bertz CT molecular complexity index is 403. The average molecular weight is 166 g/mol. The van der Waals surface area contributed by atoms with Crippen molar-refractivity contribution in [3.05, 3.63) is 42.5 Å². The Morgan fingerprint density at radius 2 is 1.69 bits per heavy atom. The van der Waals surface area contributed by atoms with Crippen LogP contribution in [0.15, 0.2) is 42.5 Å². The van der Waals surface area contributed by atoms with Gasteiger partial charge in [0.2, 0.25) is 0 Å². The van der Waals surface area contributed by atoms with Gasteiger partial charge in [0.1, 0.15) is 5.75 Å². The first-order chi connectivity index (χ1) is 5.90. The van der Waals surface area contributed by atoms with Crippen LogP contribution in [-0.4, -0.2) is 7.11 Å². The second-order valence-electron chi connectivity index (χ2n) is 2.71. The zero-order chi connectivity index (χ0) is 8.39. The van der Waals surface area contributed by atoms with E-state index in [0.29, 0.717) is 0 Å². The minimum absolute atomic E-state index is 0. The fraction of sp³-hybridized carbons (Fsp3) is 0.0909. The fourth-order valence-corrected chi connectivity index (χ4v) is 1.29. The molecule has 0 aromatic heterocycles. The maximum Gasteiger partial charge on any atom is 1.00 e. The molecular weight excluding hydrogens is 155 g/mol. The number of hydrogen-bond acceptors (Lipinski definition) is 1. The van der Waals surface area contributed by atoms with Crippen molar-refractivity contribution in [3.8, 4) is 5.75 Å². The van der Waals surface area contributed by atoms with E-state index >= 15 is 0 Å². The van der Waals surface area contributed by atoms with E-state index in [-0.39, 0.29) is 20.3 Å². The van der Waals surface area contributed by atoms with E-state index in [0.717, 1.165) is 5.75 Å². The van der Waals surface area contributed by atoms with E-state index in [9.17, 15) is 0 Å². The molecule has 0 heterocycles. The standard InChI is InChI=1S/C11H10O.Li.H/c1-12-11-7-6-9-4-2-3-5-10(9)8-11;;/h2-8H,1H3;;/q;+1;-1. The monoisotopic (exact) mass is 166 g/mol. The van der Waals surface area contributed by atoms with Crippen LogP contribution in [0.3, 0.4) is 0 Å². The molecular formula is C11H11LiO. The van der Waals surface area contributed by atoms with Crippen molar-refractivity contribution in [1.82, 2.24) is 0 Å². The number of fused-ring (bicyclic) bond motifs is 1. The first-order valence-corrected chi connectivity index (χ1v) is 3.93. The topological polar surface area (TPSA) is 9.23 Å². The van der Waals surface area contributed by atoms with Crippen LogP contribution in [-0.2, 0) is 0 Å². The van der Waals surface area contributed by atoms with Crippen LogP contribution in [0.4, 0.5) is 0 Å². The number of rotatable bonds is 1. The van der Waals surface area contributed by atoms with E-state index in [1.165, 1.54) is 10.8 Å². The van der Waals surface area contributed by atoms with Gasteiger partial charge in [-0.15, -0.1) is 0 Å². The third-order valence-electron chi connectivity index (χ3n) is 1.96. The first-order valence-electron chi connectivity index (χ1n) is 3.93. The minimum atomic E-state index is 0. The second kappa shape index (κ2) is 4.37. The fourth-order valence-electron chi connectivity index (χ4n) is 1.29. The molecule has 0 saturated carbocycles. The van der Waals surface area contributed by atoms with Gasteiger partial charge in [-0.05, 0) is 22.9 Å². The molecule has 0 bridgehead atoms. The smallest absolute Gasteiger partial charge is 1.00 e. The molecule has 2 heteroatoms. The van der Waals surface area contributed by atoms with Gasteiger partial charge in [-0.3, -0.25) is 0 Å². The molecule has 13 heavy (non-hydrogen) atoms. The Hall–Kier alpha value is -0.903. The average Bonchev–Trinajstić information content (AvgIpc) is 2.17. The third-order valence-corrected chi connectivity index (χ3v) is 1.96. The number of methoxy groups -OCH3 is 1. The Labute approximate surface area is 91.4 Å². The maximum atomic E-state index is 5.12.